The van der Waals surface area contributed by atoms with Gasteiger partial charge in [-0.25, -0.2) is 0 Å². The molecule has 0 bridgehead atoms. The summed E-state index contributed by atoms with van der Waals surface area (Å²) in [7, 11) is 7.16. The second kappa shape index (κ2) is 7.43. The quantitative estimate of drug-likeness (QED) is 0.465. The van der Waals surface area contributed by atoms with Crippen molar-refractivity contribution in [3.63, 3.8) is 0 Å². The molecule has 0 radical (unpaired) electrons. The number of ketones is 1. The lowest BCUT2D eigenvalue weighted by atomic mass is 9.96. The van der Waals surface area contributed by atoms with Crippen LogP contribution in [0.4, 0.5) is 5.69 Å². The molecule has 0 amide bonds. The Kier molecular flexibility index (Phi) is 4.80. The number of methoxy groups -OCH3 is 2. The third-order valence-electron chi connectivity index (χ3n) is 5.11. The number of anilines is 1. The van der Waals surface area contributed by atoms with Crippen LogP contribution in [0.1, 0.15) is 16.1 Å². The van der Waals surface area contributed by atoms with E-state index in [1.165, 1.54) is 0 Å². The summed E-state index contributed by atoms with van der Waals surface area (Å²) in [5.74, 6) is 1.06. The number of rotatable bonds is 5. The van der Waals surface area contributed by atoms with E-state index in [4.69, 9.17) is 9.47 Å². The predicted octanol–water partition coefficient (Wildman–Crippen LogP) is 4.70. The molecular weight excluding hydrogens is 364 g/mol. The number of benzene rings is 3. The Hall–Kier alpha value is -3.60. The minimum Gasteiger partial charge on any atom is -0.493 e. The smallest absolute Gasteiger partial charge is 0.212 e. The van der Waals surface area contributed by atoms with Gasteiger partial charge in [0.2, 0.25) is 5.78 Å². The van der Waals surface area contributed by atoms with Crippen molar-refractivity contribution in [1.29, 1.82) is 0 Å². The van der Waals surface area contributed by atoms with Gasteiger partial charge in [-0.2, -0.15) is 0 Å². The van der Waals surface area contributed by atoms with Crippen LogP contribution in [-0.4, -0.2) is 39.1 Å². The minimum absolute atomic E-state index is 0.121. The number of hydrogen-bond donors (Lipinski definition) is 0. The average Bonchev–Trinajstić information content (AvgIpc) is 2.76. The molecule has 0 aliphatic carbocycles. The first-order chi connectivity index (χ1) is 14.0. The Bertz CT molecular complexity index is 1230. The second-order valence-corrected chi connectivity index (χ2v) is 6.99. The molecule has 0 fully saturated rings. The molecule has 5 nitrogen and oxygen atoms in total. The molecule has 1 heterocycles. The van der Waals surface area contributed by atoms with E-state index in [9.17, 15) is 4.79 Å². The van der Waals surface area contributed by atoms with Gasteiger partial charge in [-0.3, -0.25) is 9.78 Å². The van der Waals surface area contributed by atoms with Crippen LogP contribution in [0.15, 0.2) is 60.8 Å². The summed E-state index contributed by atoms with van der Waals surface area (Å²) >= 11 is 0. The first-order valence-electron chi connectivity index (χ1n) is 9.29. The van der Waals surface area contributed by atoms with Gasteiger partial charge in [0.1, 0.15) is 5.69 Å². The van der Waals surface area contributed by atoms with Crippen molar-refractivity contribution in [1.82, 2.24) is 4.98 Å². The molecule has 0 unspecified atom stereocenters. The van der Waals surface area contributed by atoms with Crippen LogP contribution in [-0.2, 0) is 0 Å². The second-order valence-electron chi connectivity index (χ2n) is 6.99. The van der Waals surface area contributed by atoms with Gasteiger partial charge in [0, 0.05) is 42.3 Å². The maximum atomic E-state index is 13.6. The van der Waals surface area contributed by atoms with Crippen molar-refractivity contribution in [2.24, 2.45) is 0 Å². The van der Waals surface area contributed by atoms with E-state index in [2.05, 4.69) is 4.98 Å². The maximum absolute atomic E-state index is 13.6. The van der Waals surface area contributed by atoms with Gasteiger partial charge in [0.15, 0.2) is 11.5 Å². The molecule has 0 atom stereocenters. The molecule has 0 aliphatic rings. The highest BCUT2D eigenvalue weighted by Crippen LogP contribution is 2.35. The van der Waals surface area contributed by atoms with Crippen molar-refractivity contribution in [2.75, 3.05) is 33.2 Å². The van der Waals surface area contributed by atoms with Gasteiger partial charge < -0.3 is 14.4 Å². The molecule has 29 heavy (non-hydrogen) atoms. The molecular formula is C24H22N2O3. The number of carbonyl (C=O) groups is 1. The zero-order chi connectivity index (χ0) is 20.5. The number of hydrogen-bond acceptors (Lipinski definition) is 5. The van der Waals surface area contributed by atoms with Crippen LogP contribution >= 0.6 is 0 Å². The molecule has 0 N–H and O–H groups in total. The van der Waals surface area contributed by atoms with Crippen LogP contribution in [0.25, 0.3) is 21.5 Å². The van der Waals surface area contributed by atoms with Gasteiger partial charge in [-0.1, -0.05) is 24.3 Å². The number of pyridine rings is 1. The number of nitrogens with zero attached hydrogens (tertiary/aromatic N) is 2. The highest BCUT2D eigenvalue weighted by atomic mass is 16.5. The molecule has 0 saturated carbocycles. The predicted molar refractivity (Wildman–Crippen MR) is 117 cm³/mol. The van der Waals surface area contributed by atoms with Gasteiger partial charge >= 0.3 is 0 Å². The Labute approximate surface area is 169 Å². The van der Waals surface area contributed by atoms with Gasteiger partial charge in [-0.15, -0.1) is 0 Å². The van der Waals surface area contributed by atoms with Gasteiger partial charge in [0.25, 0.3) is 0 Å². The number of aromatic nitrogens is 1. The zero-order valence-electron chi connectivity index (χ0n) is 16.9. The van der Waals surface area contributed by atoms with E-state index in [-0.39, 0.29) is 5.78 Å². The summed E-state index contributed by atoms with van der Waals surface area (Å²) in [5, 5.41) is 3.54. The first kappa shape index (κ1) is 18.7. The van der Waals surface area contributed by atoms with Crippen LogP contribution < -0.4 is 14.4 Å². The molecule has 4 rings (SSSR count). The fourth-order valence-electron chi connectivity index (χ4n) is 3.68. The molecule has 5 heteroatoms. The third-order valence-corrected chi connectivity index (χ3v) is 5.11. The highest BCUT2D eigenvalue weighted by molar-refractivity contribution is 6.21. The number of carbonyl (C=O) groups excluding carboxylic acids is 1. The van der Waals surface area contributed by atoms with Crippen molar-refractivity contribution >= 4 is 33.0 Å². The Balaban J connectivity index is 1.94. The Morgan fingerprint density at radius 3 is 2.24 bits per heavy atom. The normalized spacial score (nSPS) is 10.9. The zero-order valence-corrected chi connectivity index (χ0v) is 16.9. The van der Waals surface area contributed by atoms with E-state index >= 15 is 0 Å². The lowest BCUT2D eigenvalue weighted by Crippen LogP contribution is -2.11. The lowest BCUT2D eigenvalue weighted by Gasteiger charge is -2.17. The molecule has 3 aromatic carbocycles. The first-order valence-corrected chi connectivity index (χ1v) is 9.29. The molecule has 0 spiro atoms. The lowest BCUT2D eigenvalue weighted by molar-refractivity contribution is 0.103. The molecule has 0 saturated heterocycles. The van der Waals surface area contributed by atoms with E-state index < -0.39 is 0 Å². The minimum atomic E-state index is -0.121. The molecule has 0 aliphatic heterocycles. The fourth-order valence-corrected chi connectivity index (χ4v) is 3.68. The third kappa shape index (κ3) is 3.14. The van der Waals surface area contributed by atoms with Crippen molar-refractivity contribution in [2.45, 2.75) is 0 Å². The summed E-state index contributed by atoms with van der Waals surface area (Å²) in [6, 6.07) is 17.3. The van der Waals surface area contributed by atoms with Crippen LogP contribution in [0, 0.1) is 0 Å². The summed E-state index contributed by atoms with van der Waals surface area (Å²) in [6.45, 7) is 0. The molecule has 4 aromatic rings. The number of fused-ring (bicyclic) bond motifs is 2. The Morgan fingerprint density at radius 1 is 0.862 bits per heavy atom. The van der Waals surface area contributed by atoms with E-state index in [0.717, 1.165) is 27.2 Å². The van der Waals surface area contributed by atoms with E-state index in [1.807, 2.05) is 73.6 Å². The van der Waals surface area contributed by atoms with E-state index in [0.29, 0.717) is 22.8 Å². The monoisotopic (exact) mass is 386 g/mol. The highest BCUT2D eigenvalue weighted by Gasteiger charge is 2.19. The standard InChI is InChI=1S/C24H22N2O3/c1-26(2)20-10-9-18(16-7-5-6-8-17(16)20)24(27)23-19-14-22(29-4)21(28-3)13-15(19)11-12-25-23/h5-14H,1-4H3. The summed E-state index contributed by atoms with van der Waals surface area (Å²) in [6.07, 6.45) is 1.65. The largest absolute Gasteiger partial charge is 0.493 e. The summed E-state index contributed by atoms with van der Waals surface area (Å²) in [4.78, 5) is 20.0. The van der Waals surface area contributed by atoms with Crippen molar-refractivity contribution in [3.8, 4) is 11.5 Å². The van der Waals surface area contributed by atoms with Gasteiger partial charge in [-0.05, 0) is 41.1 Å². The maximum Gasteiger partial charge on any atom is 0.212 e. The van der Waals surface area contributed by atoms with Crippen molar-refractivity contribution < 1.29 is 14.3 Å². The SMILES string of the molecule is COc1cc2ccnc(C(=O)c3ccc(N(C)C)c4ccccc34)c2cc1OC. The van der Waals surface area contributed by atoms with Crippen LogP contribution in [0.5, 0.6) is 11.5 Å². The number of ether oxygens (including phenoxy) is 2. The molecule has 146 valence electrons. The van der Waals surface area contributed by atoms with Crippen LogP contribution in [0.2, 0.25) is 0 Å². The summed E-state index contributed by atoms with van der Waals surface area (Å²) in [5.41, 5.74) is 2.08. The van der Waals surface area contributed by atoms with E-state index in [1.54, 1.807) is 20.4 Å². The molecule has 1 aromatic heterocycles. The summed E-state index contributed by atoms with van der Waals surface area (Å²) < 4.78 is 10.8. The Morgan fingerprint density at radius 2 is 1.55 bits per heavy atom. The van der Waals surface area contributed by atoms with Crippen molar-refractivity contribution in [3.05, 3.63) is 72.1 Å². The van der Waals surface area contributed by atoms with Crippen LogP contribution in [0.3, 0.4) is 0 Å². The topological polar surface area (TPSA) is 51.7 Å². The average molecular weight is 386 g/mol. The fraction of sp³-hybridized carbons (Fsp3) is 0.167. The van der Waals surface area contributed by atoms with Gasteiger partial charge in [0.05, 0.1) is 14.2 Å².